The third kappa shape index (κ3) is 36.7. The summed E-state index contributed by atoms with van der Waals surface area (Å²) < 4.78 is 17.2. The van der Waals surface area contributed by atoms with Gasteiger partial charge in [0.15, 0.2) is 12.1 Å². The zero-order chi connectivity index (χ0) is 41.4. The molecule has 0 saturated carbocycles. The van der Waals surface area contributed by atoms with Gasteiger partial charge >= 0.3 is 17.9 Å². The van der Waals surface area contributed by atoms with E-state index in [9.17, 15) is 19.5 Å². The molecule has 0 aliphatic rings. The number of hydrogen-bond acceptors (Lipinski definition) is 6. The topological polar surface area (TPSA) is 99.1 Å². The van der Waals surface area contributed by atoms with E-state index in [1.165, 1.54) is 57.8 Å². The highest BCUT2D eigenvalue weighted by Crippen LogP contribution is 2.14. The Kier molecular flexibility index (Phi) is 36.8. The van der Waals surface area contributed by atoms with E-state index in [0.717, 1.165) is 83.5 Å². The number of rotatable bonds is 39. The molecule has 1 N–H and O–H groups in total. The molecule has 0 aromatic rings. The average Bonchev–Trinajstić information content (AvgIpc) is 3.15. The third-order valence-corrected chi connectivity index (χ3v) is 9.68. The van der Waals surface area contributed by atoms with Crippen LogP contribution in [0.25, 0.3) is 0 Å². The Morgan fingerprint density at radius 2 is 1.00 bits per heavy atom. The molecule has 2 atom stereocenters. The Morgan fingerprint density at radius 3 is 1.48 bits per heavy atom. The minimum atomic E-state index is -0.879. The van der Waals surface area contributed by atoms with Gasteiger partial charge in [-0.2, -0.15) is 0 Å². The summed E-state index contributed by atoms with van der Waals surface area (Å²) in [5, 5.41) is 9.61. The van der Waals surface area contributed by atoms with E-state index >= 15 is 0 Å². The van der Waals surface area contributed by atoms with Crippen molar-refractivity contribution in [2.24, 2.45) is 0 Å². The van der Waals surface area contributed by atoms with Gasteiger partial charge in [0.1, 0.15) is 6.61 Å². The second-order valence-corrected chi connectivity index (χ2v) is 15.9. The van der Waals surface area contributed by atoms with Crippen LogP contribution in [0.5, 0.6) is 0 Å². The first kappa shape index (κ1) is 53.0. The summed E-state index contributed by atoms with van der Waals surface area (Å²) in [6.45, 7) is 4.58. The van der Waals surface area contributed by atoms with Crippen LogP contribution < -0.4 is 0 Å². The summed E-state index contributed by atoms with van der Waals surface area (Å²) in [7, 11) is 5.52. The molecule has 0 aliphatic carbocycles. The van der Waals surface area contributed by atoms with Crippen LogP contribution in [0.4, 0.5) is 0 Å². The number of unbranched alkanes of at least 4 members (excludes halogenated alkanes) is 15. The molecule has 0 bridgehead atoms. The lowest BCUT2D eigenvalue weighted by Gasteiger charge is -2.31. The van der Waals surface area contributed by atoms with Gasteiger partial charge in [-0.3, -0.25) is 9.59 Å². The predicted molar refractivity (Wildman–Crippen MR) is 234 cm³/mol. The summed E-state index contributed by atoms with van der Waals surface area (Å²) in [6.07, 6.45) is 47.0. The molecule has 0 aromatic carbocycles. The fourth-order valence-electron chi connectivity index (χ4n) is 6.23. The Labute approximate surface area is 343 Å². The number of esters is 2. The van der Waals surface area contributed by atoms with Crippen molar-refractivity contribution in [2.45, 2.75) is 187 Å². The molecule has 0 radical (unpaired) electrons. The number of ether oxygens (including phenoxy) is 3. The van der Waals surface area contributed by atoms with Crippen molar-refractivity contribution >= 4 is 17.9 Å². The molecular weight excluding hydrogens is 703 g/mol. The molecule has 2 unspecified atom stereocenters. The Hall–Kier alpha value is -2.97. The van der Waals surface area contributed by atoms with Gasteiger partial charge in [0.25, 0.3) is 0 Å². The molecule has 8 heteroatoms. The van der Waals surface area contributed by atoms with E-state index < -0.39 is 18.1 Å². The van der Waals surface area contributed by atoms with Gasteiger partial charge in [0.2, 0.25) is 0 Å². The molecule has 0 saturated heterocycles. The standard InChI is InChI=1S/C48H83NO7/c1-6-8-10-12-14-16-17-18-19-20-21-22-23-24-25-26-27-28-29-31-33-35-37-39-47(51)56-44(42-54-41-40-45(48(52)53)49(3,4)5)43-55-46(50)38-36-34-32-30-15-13-11-9-7-2/h8,10,14,16,18-19,21-22,24-25,44-45H,6-7,9,11-13,15,17,20,23,26-43H2,1-5H3/p+1/b10-8+,16-14+,19-18+,22-21+,25-24+. The zero-order valence-corrected chi connectivity index (χ0v) is 36.6. The summed E-state index contributed by atoms with van der Waals surface area (Å²) in [6, 6.07) is -0.617. The van der Waals surface area contributed by atoms with Gasteiger partial charge in [0.05, 0.1) is 34.4 Å². The van der Waals surface area contributed by atoms with Crippen LogP contribution in [0, 0.1) is 0 Å². The highest BCUT2D eigenvalue weighted by atomic mass is 16.6. The highest BCUT2D eigenvalue weighted by molar-refractivity contribution is 5.72. The van der Waals surface area contributed by atoms with Crippen LogP contribution >= 0.6 is 0 Å². The Bertz CT molecular complexity index is 1100. The van der Waals surface area contributed by atoms with E-state index in [0.29, 0.717) is 19.3 Å². The van der Waals surface area contributed by atoms with Crippen molar-refractivity contribution in [2.75, 3.05) is 41.0 Å². The van der Waals surface area contributed by atoms with Crippen molar-refractivity contribution in [3.05, 3.63) is 60.8 Å². The number of carboxylic acid groups (broad SMARTS) is 1. The summed E-state index contributed by atoms with van der Waals surface area (Å²) in [5.41, 5.74) is 0. The summed E-state index contributed by atoms with van der Waals surface area (Å²) in [4.78, 5) is 36.9. The zero-order valence-electron chi connectivity index (χ0n) is 36.6. The van der Waals surface area contributed by atoms with E-state index in [2.05, 4.69) is 74.6 Å². The lowest BCUT2D eigenvalue weighted by atomic mass is 10.1. The molecule has 8 nitrogen and oxygen atoms in total. The fraction of sp³-hybridized carbons (Fsp3) is 0.729. The minimum absolute atomic E-state index is 0.0557. The molecule has 0 amide bonds. The van der Waals surface area contributed by atoms with Gasteiger partial charge in [-0.05, 0) is 57.8 Å². The number of allylic oxidation sites excluding steroid dienone is 10. The maximum atomic E-state index is 12.7. The highest BCUT2D eigenvalue weighted by Gasteiger charge is 2.31. The van der Waals surface area contributed by atoms with Crippen molar-refractivity contribution in [3.63, 3.8) is 0 Å². The van der Waals surface area contributed by atoms with E-state index in [1.807, 2.05) is 21.1 Å². The maximum Gasteiger partial charge on any atom is 0.362 e. The van der Waals surface area contributed by atoms with Crippen molar-refractivity contribution in [3.8, 4) is 0 Å². The van der Waals surface area contributed by atoms with Crippen LogP contribution in [-0.2, 0) is 28.6 Å². The second-order valence-electron chi connectivity index (χ2n) is 15.9. The average molecular weight is 787 g/mol. The van der Waals surface area contributed by atoms with Crippen molar-refractivity contribution in [1.29, 1.82) is 0 Å². The molecule has 0 aromatic heterocycles. The van der Waals surface area contributed by atoms with Crippen LogP contribution in [0.1, 0.15) is 174 Å². The van der Waals surface area contributed by atoms with Gasteiger partial charge in [-0.25, -0.2) is 4.79 Å². The van der Waals surface area contributed by atoms with Crippen molar-refractivity contribution in [1.82, 2.24) is 0 Å². The quantitative estimate of drug-likeness (QED) is 0.0287. The monoisotopic (exact) mass is 787 g/mol. The third-order valence-electron chi connectivity index (χ3n) is 9.68. The molecule has 0 spiro atoms. The molecule has 0 aliphatic heterocycles. The number of aliphatic carboxylic acids is 1. The number of hydrogen-bond donors (Lipinski definition) is 1. The SMILES string of the molecule is CC/C=C/C/C=C/C/C=C/C/C=C/C/C=C/CCCCCCCCCC(=O)OC(COCCC(C(=O)O)[N+](C)(C)C)COC(=O)CCCCCCCCCCC. The number of likely N-dealkylation sites (N-methyl/N-ethyl adjacent to an activating group) is 1. The molecule has 0 rings (SSSR count). The summed E-state index contributed by atoms with van der Waals surface area (Å²) in [5.74, 6) is -1.49. The fourth-order valence-corrected chi connectivity index (χ4v) is 6.23. The van der Waals surface area contributed by atoms with Crippen LogP contribution in [0.3, 0.4) is 0 Å². The first-order chi connectivity index (χ1) is 27.1. The number of carbonyl (C=O) groups excluding carboxylic acids is 2. The van der Waals surface area contributed by atoms with E-state index in [4.69, 9.17) is 14.2 Å². The van der Waals surface area contributed by atoms with Crippen LogP contribution in [-0.4, -0.2) is 80.6 Å². The molecular formula is C48H84NO7+. The van der Waals surface area contributed by atoms with Gasteiger partial charge in [-0.1, -0.05) is 158 Å². The second kappa shape index (κ2) is 38.9. The van der Waals surface area contributed by atoms with E-state index in [-0.39, 0.29) is 36.2 Å². The maximum absolute atomic E-state index is 12.7. The number of carbonyl (C=O) groups is 3. The van der Waals surface area contributed by atoms with Crippen LogP contribution in [0.2, 0.25) is 0 Å². The van der Waals surface area contributed by atoms with Gasteiger partial charge in [0, 0.05) is 19.3 Å². The number of nitrogens with zero attached hydrogens (tertiary/aromatic N) is 1. The molecule has 0 heterocycles. The van der Waals surface area contributed by atoms with Crippen molar-refractivity contribution < 1.29 is 38.2 Å². The normalized spacial score (nSPS) is 13.5. The summed E-state index contributed by atoms with van der Waals surface area (Å²) >= 11 is 0. The lowest BCUT2D eigenvalue weighted by Crippen LogP contribution is -2.50. The van der Waals surface area contributed by atoms with Crippen LogP contribution in [0.15, 0.2) is 60.8 Å². The van der Waals surface area contributed by atoms with E-state index in [1.54, 1.807) is 0 Å². The smallest absolute Gasteiger partial charge is 0.362 e. The number of quaternary nitrogens is 1. The Morgan fingerprint density at radius 1 is 0.554 bits per heavy atom. The molecule has 56 heavy (non-hydrogen) atoms. The predicted octanol–water partition coefficient (Wildman–Crippen LogP) is 12.2. The largest absolute Gasteiger partial charge is 0.477 e. The number of carboxylic acids is 1. The first-order valence-corrected chi connectivity index (χ1v) is 22.3. The minimum Gasteiger partial charge on any atom is -0.477 e. The molecule has 0 fully saturated rings. The lowest BCUT2D eigenvalue weighted by molar-refractivity contribution is -0.887. The Balaban J connectivity index is 4.27. The molecule has 322 valence electrons. The van der Waals surface area contributed by atoms with Gasteiger partial charge < -0.3 is 23.8 Å². The van der Waals surface area contributed by atoms with Gasteiger partial charge in [-0.15, -0.1) is 0 Å². The first-order valence-electron chi connectivity index (χ1n) is 22.3.